The van der Waals surface area contributed by atoms with Crippen LogP contribution in [-0.4, -0.2) is 19.6 Å². The molecule has 23 heavy (non-hydrogen) atoms. The summed E-state index contributed by atoms with van der Waals surface area (Å²) in [5, 5.41) is 15.5. The number of fused-ring (bicyclic) bond motifs is 1. The smallest absolute Gasteiger partial charge is 0.272 e. The first kappa shape index (κ1) is 15.2. The van der Waals surface area contributed by atoms with E-state index >= 15 is 0 Å². The van der Waals surface area contributed by atoms with Crippen LogP contribution >= 0.6 is 11.6 Å². The molecule has 8 heteroatoms. The third-order valence-electron chi connectivity index (χ3n) is 3.51. The van der Waals surface area contributed by atoms with Gasteiger partial charge >= 0.3 is 0 Å². The second-order valence-corrected chi connectivity index (χ2v) is 5.45. The Kier molecular flexibility index (Phi) is 4.10. The van der Waals surface area contributed by atoms with Crippen molar-refractivity contribution in [2.45, 2.75) is 19.5 Å². The monoisotopic (exact) mass is 328 g/mol. The molecule has 0 saturated carbocycles. The minimum Gasteiger partial charge on any atom is -0.305 e. The van der Waals surface area contributed by atoms with Gasteiger partial charge in [0.2, 0.25) is 0 Å². The van der Waals surface area contributed by atoms with Crippen LogP contribution in [0.3, 0.4) is 0 Å². The first-order valence-electron chi connectivity index (χ1n) is 6.93. The molecule has 3 rings (SSSR count). The molecule has 0 aliphatic heterocycles. The Balaban J connectivity index is 1.80. The molecule has 0 aliphatic rings. The van der Waals surface area contributed by atoms with E-state index < -0.39 is 0 Å². The van der Waals surface area contributed by atoms with Crippen molar-refractivity contribution < 1.29 is 0 Å². The topological polar surface area (TPSA) is 98.9 Å². The molecule has 0 aliphatic carbocycles. The third-order valence-corrected chi connectivity index (χ3v) is 3.73. The maximum Gasteiger partial charge on any atom is 0.272 e. The molecule has 0 spiro atoms. The molecule has 3 heterocycles. The number of aromatic nitrogens is 4. The molecule has 1 atom stereocenters. The minimum atomic E-state index is -0.255. The highest BCUT2D eigenvalue weighted by molar-refractivity contribution is 6.29. The van der Waals surface area contributed by atoms with Crippen LogP contribution in [0.15, 0.2) is 35.4 Å². The summed E-state index contributed by atoms with van der Waals surface area (Å²) in [4.78, 5) is 20.4. The largest absolute Gasteiger partial charge is 0.305 e. The van der Waals surface area contributed by atoms with Gasteiger partial charge < -0.3 is 5.32 Å². The highest BCUT2D eigenvalue weighted by atomic mass is 35.5. The van der Waals surface area contributed by atoms with Crippen LogP contribution in [-0.2, 0) is 6.54 Å². The summed E-state index contributed by atoms with van der Waals surface area (Å²) in [7, 11) is 0. The molecule has 0 saturated heterocycles. The van der Waals surface area contributed by atoms with Crippen molar-refractivity contribution in [3.8, 4) is 6.07 Å². The Morgan fingerprint density at radius 2 is 2.35 bits per heavy atom. The summed E-state index contributed by atoms with van der Waals surface area (Å²) in [5.41, 5.74) is 1.96. The predicted octanol–water partition coefficient (Wildman–Crippen LogP) is 1.79. The van der Waals surface area contributed by atoms with Crippen LogP contribution in [0.2, 0.25) is 5.15 Å². The maximum absolute atomic E-state index is 12.0. The highest BCUT2D eigenvalue weighted by Gasteiger charge is 2.10. The van der Waals surface area contributed by atoms with E-state index in [2.05, 4.69) is 20.4 Å². The van der Waals surface area contributed by atoms with E-state index in [9.17, 15) is 4.79 Å². The van der Waals surface area contributed by atoms with Gasteiger partial charge in [0.15, 0.2) is 5.65 Å². The fourth-order valence-electron chi connectivity index (χ4n) is 2.22. The van der Waals surface area contributed by atoms with E-state index in [0.29, 0.717) is 28.6 Å². The standard InChI is InChI=1S/C15H13ClN6O/c1-9(10-2-3-13(16)19-6-10)18-8-12-4-14(23)22-15(21-12)11(5-17)7-20-22/h2-4,6-7,9,18,20H,8H2,1H3. The quantitative estimate of drug-likeness (QED) is 0.711. The van der Waals surface area contributed by atoms with Gasteiger partial charge in [0, 0.05) is 31.0 Å². The van der Waals surface area contributed by atoms with Crippen LogP contribution in [0, 0.1) is 11.3 Å². The average Bonchev–Trinajstić information content (AvgIpc) is 2.97. The van der Waals surface area contributed by atoms with Crippen molar-refractivity contribution in [3.63, 3.8) is 0 Å². The van der Waals surface area contributed by atoms with Crippen LogP contribution < -0.4 is 10.9 Å². The Morgan fingerprint density at radius 3 is 3.04 bits per heavy atom. The molecule has 0 amide bonds. The fourth-order valence-corrected chi connectivity index (χ4v) is 2.33. The van der Waals surface area contributed by atoms with Crippen molar-refractivity contribution in [1.82, 2.24) is 24.9 Å². The average molecular weight is 329 g/mol. The van der Waals surface area contributed by atoms with Crippen molar-refractivity contribution in [1.29, 1.82) is 5.26 Å². The molecular formula is C15H13ClN6O. The first-order valence-corrected chi connectivity index (χ1v) is 7.31. The summed E-state index contributed by atoms with van der Waals surface area (Å²) in [6.45, 7) is 2.37. The fraction of sp³-hybridized carbons (Fsp3) is 0.200. The number of nitriles is 1. The van der Waals surface area contributed by atoms with Gasteiger partial charge in [0.1, 0.15) is 16.8 Å². The zero-order valence-corrected chi connectivity index (χ0v) is 13.0. The number of nitrogens with zero attached hydrogens (tertiary/aromatic N) is 4. The van der Waals surface area contributed by atoms with Crippen molar-refractivity contribution in [2.24, 2.45) is 0 Å². The Labute approximate surface area is 136 Å². The van der Waals surface area contributed by atoms with Gasteiger partial charge in [-0.3, -0.25) is 9.89 Å². The van der Waals surface area contributed by atoms with Gasteiger partial charge in [-0.1, -0.05) is 17.7 Å². The van der Waals surface area contributed by atoms with Crippen molar-refractivity contribution in [2.75, 3.05) is 0 Å². The molecule has 1 unspecified atom stereocenters. The number of halogens is 1. The highest BCUT2D eigenvalue weighted by Crippen LogP contribution is 2.14. The molecule has 0 aromatic carbocycles. The summed E-state index contributed by atoms with van der Waals surface area (Å²) >= 11 is 5.77. The van der Waals surface area contributed by atoms with Crippen LogP contribution in [0.25, 0.3) is 5.65 Å². The van der Waals surface area contributed by atoms with Crippen LogP contribution in [0.1, 0.15) is 29.8 Å². The van der Waals surface area contributed by atoms with E-state index in [0.717, 1.165) is 5.56 Å². The zero-order valence-electron chi connectivity index (χ0n) is 12.2. The van der Waals surface area contributed by atoms with E-state index in [1.807, 2.05) is 19.1 Å². The molecule has 0 radical (unpaired) electrons. The lowest BCUT2D eigenvalue weighted by atomic mass is 10.1. The number of rotatable bonds is 4. The molecule has 116 valence electrons. The van der Waals surface area contributed by atoms with Gasteiger partial charge in [-0.2, -0.15) is 5.26 Å². The van der Waals surface area contributed by atoms with E-state index in [1.54, 1.807) is 12.3 Å². The van der Waals surface area contributed by atoms with Crippen LogP contribution in [0.4, 0.5) is 0 Å². The number of nitrogens with one attached hydrogen (secondary N) is 2. The summed E-state index contributed by atoms with van der Waals surface area (Å²) < 4.78 is 1.24. The normalized spacial score (nSPS) is 12.2. The molecule has 3 aromatic heterocycles. The molecule has 0 bridgehead atoms. The lowest BCUT2D eigenvalue weighted by Gasteiger charge is -2.13. The van der Waals surface area contributed by atoms with E-state index in [1.165, 1.54) is 16.8 Å². The third kappa shape index (κ3) is 3.08. The van der Waals surface area contributed by atoms with Crippen molar-refractivity contribution in [3.05, 3.63) is 62.9 Å². The number of aromatic amines is 1. The second-order valence-electron chi connectivity index (χ2n) is 5.06. The number of pyridine rings is 1. The number of H-pyrrole nitrogens is 1. The van der Waals surface area contributed by atoms with Gasteiger partial charge in [0.05, 0.1) is 5.69 Å². The Hall–Kier alpha value is -2.69. The molecule has 0 fully saturated rings. The van der Waals surface area contributed by atoms with E-state index in [-0.39, 0.29) is 11.6 Å². The van der Waals surface area contributed by atoms with Crippen molar-refractivity contribution >= 4 is 17.2 Å². The Morgan fingerprint density at radius 1 is 1.52 bits per heavy atom. The second kappa shape index (κ2) is 6.20. The zero-order chi connectivity index (χ0) is 16.4. The first-order chi connectivity index (χ1) is 11.1. The SMILES string of the molecule is CC(NCc1cc(=O)n2[nH]cc(C#N)c2n1)c1ccc(Cl)nc1. The lowest BCUT2D eigenvalue weighted by molar-refractivity contribution is 0.565. The number of hydrogen-bond donors (Lipinski definition) is 2. The molecule has 3 aromatic rings. The van der Waals surface area contributed by atoms with Gasteiger partial charge in [-0.25, -0.2) is 14.5 Å². The maximum atomic E-state index is 12.0. The van der Waals surface area contributed by atoms with Gasteiger partial charge in [-0.15, -0.1) is 0 Å². The van der Waals surface area contributed by atoms with Gasteiger partial charge in [-0.05, 0) is 18.6 Å². The molecule has 7 nitrogen and oxygen atoms in total. The number of hydrogen-bond acceptors (Lipinski definition) is 5. The minimum absolute atomic E-state index is 0.0154. The van der Waals surface area contributed by atoms with Gasteiger partial charge in [0.25, 0.3) is 5.56 Å². The van der Waals surface area contributed by atoms with E-state index in [4.69, 9.17) is 16.9 Å². The summed E-state index contributed by atoms with van der Waals surface area (Å²) in [5.74, 6) is 0. The summed E-state index contributed by atoms with van der Waals surface area (Å²) in [6.07, 6.45) is 3.16. The van der Waals surface area contributed by atoms with Crippen LogP contribution in [0.5, 0.6) is 0 Å². The molecular weight excluding hydrogens is 316 g/mol. The lowest BCUT2D eigenvalue weighted by Crippen LogP contribution is -2.22. The summed E-state index contributed by atoms with van der Waals surface area (Å²) in [6, 6.07) is 7.07. The molecule has 2 N–H and O–H groups in total. The Bertz CT molecular complexity index is 937. The predicted molar refractivity (Wildman–Crippen MR) is 85.0 cm³/mol.